The van der Waals surface area contributed by atoms with Crippen molar-refractivity contribution in [3.63, 3.8) is 0 Å². The molecule has 50 valence electrons. The van der Waals surface area contributed by atoms with Gasteiger partial charge in [0.1, 0.15) is 0 Å². The molecule has 0 saturated heterocycles. The van der Waals surface area contributed by atoms with Crippen LogP contribution in [0, 0.1) is 0 Å². The topological polar surface area (TPSA) is 12.0 Å². The molecule has 0 unspecified atom stereocenters. The van der Waals surface area contributed by atoms with E-state index in [0.717, 1.165) is 13.1 Å². The van der Waals surface area contributed by atoms with Gasteiger partial charge in [0.05, 0.1) is 0 Å². The fourth-order valence-electron chi connectivity index (χ4n) is 0.381. The summed E-state index contributed by atoms with van der Waals surface area (Å²) in [4.78, 5) is 0. The van der Waals surface area contributed by atoms with E-state index in [1.807, 2.05) is 6.08 Å². The van der Waals surface area contributed by atoms with Gasteiger partial charge in [0, 0.05) is 6.54 Å². The Morgan fingerprint density at radius 2 is 2.25 bits per heavy atom. The number of hydrogen-bond acceptors (Lipinski definition) is 1. The Bertz CT molecular complexity index is 45.8. The third kappa shape index (κ3) is 9.49. The van der Waals surface area contributed by atoms with Crippen molar-refractivity contribution in [3.8, 4) is 0 Å². The quantitative estimate of drug-likeness (QED) is 0.513. The van der Waals surface area contributed by atoms with Gasteiger partial charge in [-0.3, -0.25) is 0 Å². The lowest BCUT2D eigenvalue weighted by atomic mass is 10.5. The van der Waals surface area contributed by atoms with Gasteiger partial charge < -0.3 is 5.32 Å². The van der Waals surface area contributed by atoms with Gasteiger partial charge >= 0.3 is 0 Å². The van der Waals surface area contributed by atoms with Crippen LogP contribution in [-0.4, -0.2) is 13.1 Å². The molecule has 2 heteroatoms. The molecular formula is C6H14BrN. The van der Waals surface area contributed by atoms with Crippen molar-refractivity contribution in [2.75, 3.05) is 13.1 Å². The second-order valence-electron chi connectivity index (χ2n) is 1.49. The van der Waals surface area contributed by atoms with E-state index in [1.165, 1.54) is 6.42 Å². The van der Waals surface area contributed by atoms with Gasteiger partial charge in [0.25, 0.3) is 0 Å². The zero-order chi connectivity index (χ0) is 5.54. The Labute approximate surface area is 61.9 Å². The van der Waals surface area contributed by atoms with Crippen LogP contribution in [0.1, 0.15) is 13.3 Å². The summed E-state index contributed by atoms with van der Waals surface area (Å²) in [6.07, 6.45) is 3.07. The number of nitrogens with one attached hydrogen (secondary N) is 1. The minimum absolute atomic E-state index is 0. The van der Waals surface area contributed by atoms with Gasteiger partial charge in [-0.25, -0.2) is 0 Å². The third-order valence-electron chi connectivity index (χ3n) is 0.715. The van der Waals surface area contributed by atoms with Crippen molar-refractivity contribution in [2.24, 2.45) is 0 Å². The van der Waals surface area contributed by atoms with E-state index in [0.29, 0.717) is 0 Å². The van der Waals surface area contributed by atoms with Gasteiger partial charge in [-0.15, -0.1) is 23.6 Å². The second-order valence-corrected chi connectivity index (χ2v) is 1.49. The van der Waals surface area contributed by atoms with E-state index in [4.69, 9.17) is 0 Å². The third-order valence-corrected chi connectivity index (χ3v) is 0.715. The van der Waals surface area contributed by atoms with Crippen LogP contribution >= 0.6 is 17.0 Å². The Kier molecular flexibility index (Phi) is 14.1. The van der Waals surface area contributed by atoms with Gasteiger partial charge in [-0.05, 0) is 13.0 Å². The summed E-state index contributed by atoms with van der Waals surface area (Å²) >= 11 is 0. The van der Waals surface area contributed by atoms with E-state index in [1.54, 1.807) is 0 Å². The number of hydrogen-bond donors (Lipinski definition) is 1. The first-order chi connectivity index (χ1) is 3.41. The minimum Gasteiger partial charge on any atom is -0.313 e. The fraction of sp³-hybridized carbons (Fsp3) is 0.667. The molecule has 0 radical (unpaired) electrons. The van der Waals surface area contributed by atoms with Gasteiger partial charge in [0.15, 0.2) is 0 Å². The standard InChI is InChI=1S/C6H13N.BrH/c1-3-5-7-6-4-2;/h3,7H,1,4-6H2,2H3;1H. The summed E-state index contributed by atoms with van der Waals surface area (Å²) in [6, 6.07) is 0. The maximum Gasteiger partial charge on any atom is 0.0132 e. The van der Waals surface area contributed by atoms with Crippen molar-refractivity contribution in [3.05, 3.63) is 12.7 Å². The second kappa shape index (κ2) is 10.2. The van der Waals surface area contributed by atoms with Crippen LogP contribution in [0.2, 0.25) is 0 Å². The zero-order valence-electron chi connectivity index (χ0n) is 5.31. The summed E-state index contributed by atoms with van der Waals surface area (Å²) in [7, 11) is 0. The molecular weight excluding hydrogens is 166 g/mol. The van der Waals surface area contributed by atoms with Crippen LogP contribution in [0.4, 0.5) is 0 Å². The highest BCUT2D eigenvalue weighted by Gasteiger charge is 1.73. The summed E-state index contributed by atoms with van der Waals surface area (Å²) in [5.74, 6) is 0. The highest BCUT2D eigenvalue weighted by Crippen LogP contribution is 1.67. The molecule has 0 heterocycles. The molecule has 0 amide bonds. The Balaban J connectivity index is 0. The van der Waals surface area contributed by atoms with Gasteiger partial charge in [-0.1, -0.05) is 13.0 Å². The van der Waals surface area contributed by atoms with Crippen molar-refractivity contribution >= 4 is 17.0 Å². The molecule has 0 aromatic carbocycles. The first-order valence-electron chi connectivity index (χ1n) is 2.73. The molecule has 0 aromatic rings. The van der Waals surface area contributed by atoms with E-state index >= 15 is 0 Å². The number of halogens is 1. The molecule has 0 bridgehead atoms. The maximum atomic E-state index is 3.57. The molecule has 0 aromatic heterocycles. The van der Waals surface area contributed by atoms with E-state index in [9.17, 15) is 0 Å². The van der Waals surface area contributed by atoms with Crippen molar-refractivity contribution in [2.45, 2.75) is 13.3 Å². The van der Waals surface area contributed by atoms with E-state index in [-0.39, 0.29) is 17.0 Å². The first-order valence-corrected chi connectivity index (χ1v) is 2.73. The van der Waals surface area contributed by atoms with Crippen molar-refractivity contribution < 1.29 is 0 Å². The lowest BCUT2D eigenvalue weighted by Crippen LogP contribution is -2.13. The highest BCUT2D eigenvalue weighted by molar-refractivity contribution is 8.93. The monoisotopic (exact) mass is 179 g/mol. The number of rotatable bonds is 4. The average molecular weight is 180 g/mol. The summed E-state index contributed by atoms with van der Waals surface area (Å²) in [5.41, 5.74) is 0. The predicted molar refractivity (Wildman–Crippen MR) is 43.7 cm³/mol. The van der Waals surface area contributed by atoms with Crippen molar-refractivity contribution in [1.82, 2.24) is 5.32 Å². The molecule has 0 saturated carbocycles. The lowest BCUT2D eigenvalue weighted by Gasteiger charge is -1.93. The van der Waals surface area contributed by atoms with Crippen molar-refractivity contribution in [1.29, 1.82) is 0 Å². The lowest BCUT2D eigenvalue weighted by molar-refractivity contribution is 0.730. The summed E-state index contributed by atoms with van der Waals surface area (Å²) < 4.78 is 0. The van der Waals surface area contributed by atoms with Crippen LogP contribution in [-0.2, 0) is 0 Å². The smallest absolute Gasteiger partial charge is 0.0132 e. The van der Waals surface area contributed by atoms with E-state index in [2.05, 4.69) is 18.8 Å². The normalized spacial score (nSPS) is 7.62. The molecule has 8 heavy (non-hydrogen) atoms. The van der Waals surface area contributed by atoms with Crippen LogP contribution < -0.4 is 5.32 Å². The summed E-state index contributed by atoms with van der Waals surface area (Å²) in [5, 5.41) is 3.17. The fourth-order valence-corrected chi connectivity index (χ4v) is 0.381. The molecule has 0 aliphatic heterocycles. The van der Waals surface area contributed by atoms with Crippen LogP contribution in [0.5, 0.6) is 0 Å². The van der Waals surface area contributed by atoms with Gasteiger partial charge in [-0.2, -0.15) is 0 Å². The van der Waals surface area contributed by atoms with Crippen LogP contribution in [0.15, 0.2) is 12.7 Å². The average Bonchev–Trinajstić information content (AvgIpc) is 1.69. The molecule has 1 N–H and O–H groups in total. The molecule has 0 rings (SSSR count). The highest BCUT2D eigenvalue weighted by atomic mass is 79.9. The minimum atomic E-state index is 0. The maximum absolute atomic E-state index is 3.57. The Morgan fingerprint density at radius 1 is 1.62 bits per heavy atom. The largest absolute Gasteiger partial charge is 0.313 e. The van der Waals surface area contributed by atoms with Crippen LogP contribution in [0.3, 0.4) is 0 Å². The summed E-state index contributed by atoms with van der Waals surface area (Å²) in [6.45, 7) is 7.76. The molecule has 0 aliphatic rings. The molecule has 1 nitrogen and oxygen atoms in total. The molecule has 0 atom stereocenters. The van der Waals surface area contributed by atoms with Gasteiger partial charge in [0.2, 0.25) is 0 Å². The first kappa shape index (κ1) is 11.0. The zero-order valence-corrected chi connectivity index (χ0v) is 7.03. The van der Waals surface area contributed by atoms with Crippen LogP contribution in [0.25, 0.3) is 0 Å². The SMILES string of the molecule is Br.C=CCNCCC. The molecule has 0 aliphatic carbocycles. The predicted octanol–water partition coefficient (Wildman–Crippen LogP) is 1.75. The van der Waals surface area contributed by atoms with E-state index < -0.39 is 0 Å². The Hall–Kier alpha value is 0.180. The molecule has 0 spiro atoms. The Morgan fingerprint density at radius 3 is 2.62 bits per heavy atom. The molecule has 0 fully saturated rings.